The van der Waals surface area contributed by atoms with Crippen LogP contribution in [0, 0.1) is 18.8 Å². The summed E-state index contributed by atoms with van der Waals surface area (Å²) in [6.07, 6.45) is 2.77. The lowest BCUT2D eigenvalue weighted by Crippen LogP contribution is -2.42. The SMILES string of the molecule is Cc1ccc(-c2nc(CC(=O)c3cnc(N4CCC(C(=O)O)CC4)cn3)sc2CN2CCCCC2C(C)C)cc1C(F)(F)F. The Morgan fingerprint density at radius 2 is 1.82 bits per heavy atom. The highest BCUT2D eigenvalue weighted by Crippen LogP contribution is 2.38. The Bertz CT molecular complexity index is 1480. The Morgan fingerprint density at radius 1 is 1.07 bits per heavy atom. The lowest BCUT2D eigenvalue weighted by molar-refractivity contribution is -0.142. The Kier molecular flexibility index (Phi) is 9.69. The van der Waals surface area contributed by atoms with Gasteiger partial charge < -0.3 is 10.0 Å². The number of rotatable bonds is 9. The molecule has 3 aromatic rings. The summed E-state index contributed by atoms with van der Waals surface area (Å²) in [6, 6.07) is 4.69. The van der Waals surface area contributed by atoms with E-state index < -0.39 is 17.7 Å². The second kappa shape index (κ2) is 13.3. The van der Waals surface area contributed by atoms with Crippen LogP contribution >= 0.6 is 11.3 Å². The number of ketones is 1. The smallest absolute Gasteiger partial charge is 0.416 e. The molecule has 0 bridgehead atoms. The van der Waals surface area contributed by atoms with E-state index >= 15 is 0 Å². The number of aliphatic carboxylic acids is 1. The molecule has 2 aliphatic rings. The van der Waals surface area contributed by atoms with Gasteiger partial charge >= 0.3 is 12.1 Å². The third kappa shape index (κ3) is 7.28. The van der Waals surface area contributed by atoms with E-state index in [0.717, 1.165) is 30.7 Å². The molecule has 236 valence electrons. The van der Waals surface area contributed by atoms with Crippen LogP contribution in [0.1, 0.15) is 77.5 Å². The maximum absolute atomic E-state index is 13.8. The second-order valence-electron chi connectivity index (χ2n) is 12.1. The highest BCUT2D eigenvalue weighted by Gasteiger charge is 2.34. The van der Waals surface area contributed by atoms with Crippen LogP contribution in [0.25, 0.3) is 11.3 Å². The van der Waals surface area contributed by atoms with E-state index in [-0.39, 0.29) is 29.4 Å². The van der Waals surface area contributed by atoms with Gasteiger partial charge in [0, 0.05) is 36.1 Å². The molecule has 0 amide bonds. The summed E-state index contributed by atoms with van der Waals surface area (Å²) in [6.45, 7) is 8.41. The molecular weight excluding hydrogens is 591 g/mol. The van der Waals surface area contributed by atoms with Crippen LogP contribution in [0.3, 0.4) is 0 Å². The van der Waals surface area contributed by atoms with Crippen molar-refractivity contribution in [1.82, 2.24) is 19.9 Å². The maximum Gasteiger partial charge on any atom is 0.416 e. The van der Waals surface area contributed by atoms with Gasteiger partial charge in [0.2, 0.25) is 0 Å². The van der Waals surface area contributed by atoms with Crippen molar-refractivity contribution in [3.63, 3.8) is 0 Å². The zero-order valence-corrected chi connectivity index (χ0v) is 26.0. The third-order valence-electron chi connectivity index (χ3n) is 8.74. The van der Waals surface area contributed by atoms with Crippen LogP contribution < -0.4 is 4.90 Å². The van der Waals surface area contributed by atoms with E-state index in [1.165, 1.54) is 42.8 Å². The van der Waals surface area contributed by atoms with Crippen molar-refractivity contribution in [3.05, 3.63) is 57.3 Å². The quantitative estimate of drug-likeness (QED) is 0.262. The number of carboxylic acids is 1. The van der Waals surface area contributed by atoms with Crippen molar-refractivity contribution in [3.8, 4) is 11.3 Å². The normalized spacial score (nSPS) is 18.6. The minimum atomic E-state index is -4.48. The molecule has 1 unspecified atom stereocenters. The fourth-order valence-electron chi connectivity index (χ4n) is 6.25. The fraction of sp³-hybridized carbons (Fsp3) is 0.531. The van der Waals surface area contributed by atoms with Crippen LogP contribution in [0.4, 0.5) is 19.0 Å². The molecule has 0 saturated carbocycles. The number of anilines is 1. The molecule has 1 N–H and O–H groups in total. The number of carbonyl (C=O) groups excluding carboxylic acids is 1. The number of likely N-dealkylation sites (tertiary alicyclic amines) is 1. The molecule has 2 aromatic heterocycles. The molecule has 1 atom stereocenters. The first-order chi connectivity index (χ1) is 20.9. The first kappa shape index (κ1) is 32.0. The van der Waals surface area contributed by atoms with Crippen LogP contribution in [-0.2, 0) is 23.9 Å². The molecule has 5 rings (SSSR count). The Morgan fingerprint density at radius 3 is 2.45 bits per heavy atom. The van der Waals surface area contributed by atoms with Crippen LogP contribution in [0.15, 0.2) is 30.6 Å². The fourth-order valence-corrected chi connectivity index (χ4v) is 7.36. The van der Waals surface area contributed by atoms with Crippen molar-refractivity contribution in [2.75, 3.05) is 24.5 Å². The van der Waals surface area contributed by atoms with Gasteiger partial charge in [-0.25, -0.2) is 15.0 Å². The molecule has 0 spiro atoms. The average Bonchev–Trinajstić information content (AvgIpc) is 3.38. The molecule has 12 heteroatoms. The minimum Gasteiger partial charge on any atom is -0.481 e. The van der Waals surface area contributed by atoms with Crippen molar-refractivity contribution < 1.29 is 27.9 Å². The number of benzene rings is 1. The zero-order chi connectivity index (χ0) is 31.6. The van der Waals surface area contributed by atoms with Gasteiger partial charge in [-0.2, -0.15) is 13.2 Å². The summed E-state index contributed by atoms with van der Waals surface area (Å²) in [5.74, 6) is -0.402. The van der Waals surface area contributed by atoms with Gasteiger partial charge in [0.15, 0.2) is 5.78 Å². The standard InChI is InChI=1S/C32H38F3N5O3S/c1-19(2)25-6-4-5-11-40(25)18-27-30(22-8-7-20(3)23(14-22)32(33,34)35)38-29(44-27)15-26(41)24-16-37-28(17-36-24)39-12-9-21(10-13-39)31(42)43/h7-8,14,16-17,19,21,25H,4-6,9-13,15,18H2,1-3H3,(H,42,43). The molecule has 8 nitrogen and oxygen atoms in total. The summed E-state index contributed by atoms with van der Waals surface area (Å²) in [7, 11) is 0. The monoisotopic (exact) mass is 629 g/mol. The van der Waals surface area contributed by atoms with E-state index in [0.29, 0.717) is 66.5 Å². The number of halogens is 3. The van der Waals surface area contributed by atoms with Gasteiger partial charge in [-0.15, -0.1) is 11.3 Å². The summed E-state index contributed by atoms with van der Waals surface area (Å²) in [5, 5.41) is 9.75. The van der Waals surface area contributed by atoms with Crippen LogP contribution in [0.2, 0.25) is 0 Å². The summed E-state index contributed by atoms with van der Waals surface area (Å²) in [5.41, 5.74) is 0.521. The van der Waals surface area contributed by atoms with E-state index in [4.69, 9.17) is 4.98 Å². The molecular formula is C32H38F3N5O3S. The maximum atomic E-state index is 13.8. The minimum absolute atomic E-state index is 0.0404. The van der Waals surface area contributed by atoms with Crippen molar-refractivity contribution in [2.24, 2.45) is 11.8 Å². The largest absolute Gasteiger partial charge is 0.481 e. The van der Waals surface area contributed by atoms with E-state index in [1.54, 1.807) is 6.07 Å². The van der Waals surface area contributed by atoms with Crippen molar-refractivity contribution >= 4 is 28.9 Å². The number of aromatic nitrogens is 3. The second-order valence-corrected chi connectivity index (χ2v) is 13.3. The molecule has 4 heterocycles. The number of thiazole rings is 1. The van der Waals surface area contributed by atoms with Gasteiger partial charge in [0.05, 0.1) is 36.0 Å². The number of alkyl halides is 3. The first-order valence-electron chi connectivity index (χ1n) is 15.1. The van der Waals surface area contributed by atoms with Gasteiger partial charge in [-0.1, -0.05) is 32.4 Å². The highest BCUT2D eigenvalue weighted by atomic mass is 32.1. The number of Topliss-reactive ketones (excluding diaryl/α,β-unsaturated/α-hetero) is 1. The van der Waals surface area contributed by atoms with E-state index in [9.17, 15) is 27.9 Å². The Hall–Kier alpha value is -3.38. The van der Waals surface area contributed by atoms with Crippen LogP contribution in [-0.4, -0.2) is 62.4 Å². The van der Waals surface area contributed by atoms with Gasteiger partial charge in [-0.3, -0.25) is 14.5 Å². The average molecular weight is 630 g/mol. The zero-order valence-electron chi connectivity index (χ0n) is 25.2. The summed E-state index contributed by atoms with van der Waals surface area (Å²) in [4.78, 5) is 43.2. The number of carbonyl (C=O) groups is 2. The van der Waals surface area contributed by atoms with Crippen molar-refractivity contribution in [2.45, 2.75) is 78.1 Å². The Balaban J connectivity index is 1.38. The summed E-state index contributed by atoms with van der Waals surface area (Å²) >= 11 is 1.37. The number of hydrogen-bond donors (Lipinski definition) is 1. The van der Waals surface area contributed by atoms with Gasteiger partial charge in [-0.05, 0) is 56.7 Å². The number of carboxylic acid groups (broad SMARTS) is 1. The highest BCUT2D eigenvalue weighted by molar-refractivity contribution is 7.12. The number of hydrogen-bond acceptors (Lipinski definition) is 8. The topological polar surface area (TPSA) is 99.5 Å². The molecule has 2 aliphatic heterocycles. The number of piperidine rings is 2. The van der Waals surface area contributed by atoms with Gasteiger partial charge in [0.1, 0.15) is 16.5 Å². The number of nitrogens with zero attached hydrogens (tertiary/aromatic N) is 5. The summed E-state index contributed by atoms with van der Waals surface area (Å²) < 4.78 is 41.4. The molecule has 1 aromatic carbocycles. The van der Waals surface area contributed by atoms with Crippen molar-refractivity contribution in [1.29, 1.82) is 0 Å². The van der Waals surface area contributed by atoms with Crippen LogP contribution in [0.5, 0.6) is 0 Å². The lowest BCUT2D eigenvalue weighted by Gasteiger charge is -2.38. The molecule has 0 aliphatic carbocycles. The lowest BCUT2D eigenvalue weighted by atomic mass is 9.92. The predicted octanol–water partition coefficient (Wildman–Crippen LogP) is 6.66. The predicted molar refractivity (Wildman–Crippen MR) is 163 cm³/mol. The van der Waals surface area contributed by atoms with Gasteiger partial charge in [0.25, 0.3) is 0 Å². The Labute approximate surface area is 259 Å². The van der Waals surface area contributed by atoms with E-state index in [1.807, 2.05) is 4.90 Å². The number of aryl methyl sites for hydroxylation is 1. The molecule has 2 saturated heterocycles. The third-order valence-corrected chi connectivity index (χ3v) is 9.78. The molecule has 0 radical (unpaired) electrons. The molecule has 2 fully saturated rings. The first-order valence-corrected chi connectivity index (χ1v) is 16.0. The van der Waals surface area contributed by atoms with E-state index in [2.05, 4.69) is 28.7 Å². The molecule has 44 heavy (non-hydrogen) atoms.